The van der Waals surface area contributed by atoms with Crippen LogP contribution in [0.4, 0.5) is 0 Å². The second kappa shape index (κ2) is 8.45. The van der Waals surface area contributed by atoms with Crippen LogP contribution in [0.1, 0.15) is 27.6 Å². The van der Waals surface area contributed by atoms with Crippen molar-refractivity contribution >= 4 is 5.97 Å². The summed E-state index contributed by atoms with van der Waals surface area (Å²) in [7, 11) is 1.21. The minimum absolute atomic E-state index is 0.0462. The van der Waals surface area contributed by atoms with Crippen molar-refractivity contribution in [3.63, 3.8) is 0 Å². The molecule has 3 aromatic carbocycles. The van der Waals surface area contributed by atoms with Gasteiger partial charge in [0.05, 0.1) is 18.8 Å². The summed E-state index contributed by atoms with van der Waals surface area (Å²) in [5.41, 5.74) is 0.160. The largest absolute Gasteiger partial charge is 0.508 e. The van der Waals surface area contributed by atoms with Crippen molar-refractivity contribution in [1.82, 2.24) is 0 Å². The monoisotopic (exact) mass is 472 g/mol. The predicted molar refractivity (Wildman–Crippen MR) is 114 cm³/mol. The van der Waals surface area contributed by atoms with Gasteiger partial charge in [-0.1, -0.05) is 0 Å². The third kappa shape index (κ3) is 3.99. The van der Waals surface area contributed by atoms with Crippen molar-refractivity contribution in [3.8, 4) is 51.7 Å². The number of methoxy groups -OCH3 is 1. The summed E-state index contributed by atoms with van der Waals surface area (Å²) >= 11 is 0. The average molecular weight is 472 g/mol. The van der Waals surface area contributed by atoms with Gasteiger partial charge in [-0.3, -0.25) is 0 Å². The lowest BCUT2D eigenvalue weighted by Crippen LogP contribution is -2.30. The highest BCUT2D eigenvalue weighted by Gasteiger charge is 2.33. The molecule has 1 aliphatic heterocycles. The smallest absolute Gasteiger partial charge is 0.343 e. The lowest BCUT2D eigenvalue weighted by atomic mass is 9.93. The summed E-state index contributed by atoms with van der Waals surface area (Å²) in [5.74, 6) is -4.83. The van der Waals surface area contributed by atoms with Crippen LogP contribution >= 0.6 is 0 Å². The van der Waals surface area contributed by atoms with Crippen molar-refractivity contribution in [2.24, 2.45) is 0 Å². The molecule has 0 spiro atoms. The molecule has 2 atom stereocenters. The van der Waals surface area contributed by atoms with E-state index in [-0.39, 0.29) is 46.1 Å². The number of phenols is 6. The van der Waals surface area contributed by atoms with Gasteiger partial charge in [-0.15, -0.1) is 0 Å². The number of aliphatic hydroxyl groups is 1. The number of hydrogen-bond acceptors (Lipinski definition) is 11. The van der Waals surface area contributed by atoms with Gasteiger partial charge in [0.15, 0.2) is 29.1 Å². The van der Waals surface area contributed by atoms with Crippen LogP contribution in [0.2, 0.25) is 0 Å². The highest BCUT2D eigenvalue weighted by Crippen LogP contribution is 2.45. The number of benzene rings is 3. The van der Waals surface area contributed by atoms with Gasteiger partial charge in [0.1, 0.15) is 17.2 Å². The molecule has 0 saturated carbocycles. The first-order valence-electron chi connectivity index (χ1n) is 9.86. The third-order valence-corrected chi connectivity index (χ3v) is 5.31. The maximum atomic E-state index is 12.6. The van der Waals surface area contributed by atoms with Crippen molar-refractivity contribution in [3.05, 3.63) is 53.1 Å². The minimum Gasteiger partial charge on any atom is -0.508 e. The van der Waals surface area contributed by atoms with Gasteiger partial charge >= 0.3 is 5.97 Å². The Morgan fingerprint density at radius 1 is 0.882 bits per heavy atom. The molecule has 0 saturated heterocycles. The molecule has 1 aliphatic rings. The number of aromatic hydroxyl groups is 6. The Morgan fingerprint density at radius 3 is 2.26 bits per heavy atom. The van der Waals surface area contributed by atoms with E-state index in [9.17, 15) is 40.5 Å². The molecule has 0 aliphatic carbocycles. The summed E-state index contributed by atoms with van der Waals surface area (Å²) in [5, 5.41) is 70.2. The number of ether oxygens (including phenoxy) is 3. The number of esters is 1. The van der Waals surface area contributed by atoms with E-state index >= 15 is 0 Å². The zero-order valence-electron chi connectivity index (χ0n) is 17.6. The fourth-order valence-corrected chi connectivity index (χ4v) is 3.63. The quantitative estimate of drug-likeness (QED) is 0.168. The number of rotatable bonds is 4. The number of phenolic OH excluding ortho intramolecular Hbond substituents is 6. The molecule has 34 heavy (non-hydrogen) atoms. The molecule has 11 heteroatoms. The highest BCUT2D eigenvalue weighted by atomic mass is 16.5. The van der Waals surface area contributed by atoms with Crippen LogP contribution in [0.25, 0.3) is 0 Å². The molecule has 0 radical (unpaired) electrons. The van der Waals surface area contributed by atoms with Gasteiger partial charge in [-0.25, -0.2) is 4.79 Å². The van der Waals surface area contributed by atoms with Crippen molar-refractivity contribution < 1.29 is 54.8 Å². The number of carbonyl (C=O) groups is 1. The van der Waals surface area contributed by atoms with Crippen molar-refractivity contribution in [2.45, 2.75) is 18.6 Å². The van der Waals surface area contributed by atoms with Crippen LogP contribution in [0.3, 0.4) is 0 Å². The zero-order chi connectivity index (χ0) is 24.7. The Hall–Kier alpha value is -4.51. The second-order valence-electron chi connectivity index (χ2n) is 7.57. The second-order valence-corrected chi connectivity index (χ2v) is 7.57. The number of hydrogen-bond donors (Lipinski definition) is 7. The summed E-state index contributed by atoms with van der Waals surface area (Å²) in [4.78, 5) is 12.6. The average Bonchev–Trinajstić information content (AvgIpc) is 2.78. The van der Waals surface area contributed by atoms with Crippen molar-refractivity contribution in [1.29, 1.82) is 0 Å². The Balaban J connectivity index is 1.67. The molecule has 0 bridgehead atoms. The SMILES string of the molecule is COc1cc(C(=O)Oc2cc([C@H]3Oc4cc(O)cc(O)c4C[C@H]3O)cc(O)c2O)cc(O)c1O. The van der Waals surface area contributed by atoms with Crippen LogP contribution in [0.5, 0.6) is 51.7 Å². The van der Waals surface area contributed by atoms with Crippen molar-refractivity contribution in [2.75, 3.05) is 7.11 Å². The van der Waals surface area contributed by atoms with Crippen LogP contribution in [0, 0.1) is 0 Å². The molecule has 1 heterocycles. The van der Waals surface area contributed by atoms with E-state index in [4.69, 9.17) is 14.2 Å². The molecule has 0 fully saturated rings. The summed E-state index contributed by atoms with van der Waals surface area (Å²) in [6.45, 7) is 0. The van der Waals surface area contributed by atoms with E-state index in [1.807, 2.05) is 0 Å². The number of aliphatic hydroxyl groups excluding tert-OH is 1. The fraction of sp³-hybridized carbons (Fsp3) is 0.174. The van der Waals surface area contributed by atoms with E-state index in [0.29, 0.717) is 0 Å². The van der Waals surface area contributed by atoms with Gasteiger partial charge in [0, 0.05) is 29.7 Å². The standard InChI is InChI=1S/C23H20O11/c1-32-18-5-10(3-15(27)20(18)29)23(31)34-19-4-9(2-14(26)21(19)30)22-16(28)8-12-13(25)6-11(24)7-17(12)33-22/h2-7,16,22,24-30H,8H2,1H3/t16-,22-/m1/s1. The predicted octanol–water partition coefficient (Wildman–Crippen LogP) is 2.19. The van der Waals surface area contributed by atoms with E-state index in [1.54, 1.807) is 0 Å². The molecular weight excluding hydrogens is 452 g/mol. The maximum absolute atomic E-state index is 12.6. The topological polar surface area (TPSA) is 186 Å². The molecule has 4 rings (SSSR count). The molecule has 0 unspecified atom stereocenters. The van der Waals surface area contributed by atoms with E-state index in [0.717, 1.165) is 30.3 Å². The van der Waals surface area contributed by atoms with Crippen LogP contribution in [0.15, 0.2) is 36.4 Å². The van der Waals surface area contributed by atoms with Crippen LogP contribution in [-0.4, -0.2) is 54.9 Å². The van der Waals surface area contributed by atoms with E-state index in [1.165, 1.54) is 13.2 Å². The van der Waals surface area contributed by atoms with Gasteiger partial charge < -0.3 is 50.0 Å². The molecule has 11 nitrogen and oxygen atoms in total. The molecular formula is C23H20O11. The normalized spacial score (nSPS) is 16.9. The molecule has 178 valence electrons. The summed E-state index contributed by atoms with van der Waals surface area (Å²) in [6, 6.07) is 6.64. The number of carbonyl (C=O) groups excluding carboxylic acids is 1. The van der Waals surface area contributed by atoms with Gasteiger partial charge in [0.2, 0.25) is 11.5 Å². The zero-order valence-corrected chi connectivity index (χ0v) is 17.6. The lowest BCUT2D eigenvalue weighted by Gasteiger charge is -2.31. The third-order valence-electron chi connectivity index (χ3n) is 5.31. The first-order valence-corrected chi connectivity index (χ1v) is 9.86. The first-order chi connectivity index (χ1) is 16.1. The van der Waals surface area contributed by atoms with Gasteiger partial charge in [-0.05, 0) is 24.3 Å². The van der Waals surface area contributed by atoms with Gasteiger partial charge in [-0.2, -0.15) is 0 Å². The Morgan fingerprint density at radius 2 is 1.56 bits per heavy atom. The minimum atomic E-state index is -1.20. The fourth-order valence-electron chi connectivity index (χ4n) is 3.63. The highest BCUT2D eigenvalue weighted by molar-refractivity contribution is 5.93. The Labute approximate surface area is 191 Å². The maximum Gasteiger partial charge on any atom is 0.343 e. The van der Waals surface area contributed by atoms with E-state index in [2.05, 4.69) is 0 Å². The lowest BCUT2D eigenvalue weighted by molar-refractivity contribution is 0.0195. The molecule has 0 amide bonds. The molecule has 0 aromatic heterocycles. The Bertz CT molecular complexity index is 1280. The van der Waals surface area contributed by atoms with Crippen LogP contribution < -0.4 is 14.2 Å². The van der Waals surface area contributed by atoms with E-state index < -0.39 is 46.9 Å². The summed E-state index contributed by atoms with van der Waals surface area (Å²) in [6.07, 6.45) is -2.36. The number of fused-ring (bicyclic) bond motifs is 1. The molecule has 7 N–H and O–H groups in total. The molecule has 3 aromatic rings. The Kier molecular flexibility index (Phi) is 5.63. The first kappa shape index (κ1) is 22.7. The van der Waals surface area contributed by atoms with Gasteiger partial charge in [0.25, 0.3) is 0 Å². The summed E-state index contributed by atoms with van der Waals surface area (Å²) < 4.78 is 15.8. The van der Waals surface area contributed by atoms with Crippen LogP contribution in [-0.2, 0) is 6.42 Å².